The SMILES string of the molecule is C=CC1CCc2c(C(=O)CCC(=O)OC)c(OC)c(OC)c(OC)c21. The highest BCUT2D eigenvalue weighted by atomic mass is 16.5. The first-order chi connectivity index (χ1) is 12.0. The minimum absolute atomic E-state index is 0.0203. The van der Waals surface area contributed by atoms with E-state index in [1.807, 2.05) is 6.08 Å². The number of ether oxygens (including phenoxy) is 4. The van der Waals surface area contributed by atoms with Gasteiger partial charge >= 0.3 is 5.97 Å². The molecule has 1 unspecified atom stereocenters. The van der Waals surface area contributed by atoms with Crippen molar-refractivity contribution in [2.45, 2.75) is 31.6 Å². The monoisotopic (exact) mass is 348 g/mol. The maximum absolute atomic E-state index is 12.9. The highest BCUT2D eigenvalue weighted by Crippen LogP contribution is 2.52. The Labute approximate surface area is 147 Å². The van der Waals surface area contributed by atoms with E-state index in [1.54, 1.807) is 7.11 Å². The molecule has 25 heavy (non-hydrogen) atoms. The molecule has 1 aliphatic rings. The number of methoxy groups -OCH3 is 4. The molecular formula is C19H24O6. The van der Waals surface area contributed by atoms with Gasteiger partial charge < -0.3 is 18.9 Å². The maximum atomic E-state index is 12.9. The summed E-state index contributed by atoms with van der Waals surface area (Å²) in [5.41, 5.74) is 2.26. The molecule has 0 radical (unpaired) electrons. The molecule has 0 N–H and O–H groups in total. The molecule has 0 aromatic heterocycles. The molecule has 0 saturated heterocycles. The topological polar surface area (TPSA) is 71.1 Å². The Bertz CT molecular complexity index is 692. The van der Waals surface area contributed by atoms with Crippen molar-refractivity contribution in [1.82, 2.24) is 0 Å². The van der Waals surface area contributed by atoms with Crippen LogP contribution in [0.1, 0.15) is 46.7 Å². The van der Waals surface area contributed by atoms with E-state index in [9.17, 15) is 9.59 Å². The summed E-state index contributed by atoms with van der Waals surface area (Å²) < 4.78 is 21.2. The zero-order chi connectivity index (χ0) is 18.6. The quantitative estimate of drug-likeness (QED) is 0.408. The summed E-state index contributed by atoms with van der Waals surface area (Å²) in [6.45, 7) is 3.89. The van der Waals surface area contributed by atoms with Crippen molar-refractivity contribution in [3.8, 4) is 17.2 Å². The van der Waals surface area contributed by atoms with Gasteiger partial charge in [0.25, 0.3) is 0 Å². The first kappa shape index (κ1) is 18.8. The summed E-state index contributed by atoms with van der Waals surface area (Å²) in [7, 11) is 5.86. The number of hydrogen-bond donors (Lipinski definition) is 0. The van der Waals surface area contributed by atoms with Gasteiger partial charge in [0.15, 0.2) is 17.3 Å². The lowest BCUT2D eigenvalue weighted by molar-refractivity contribution is -0.140. The van der Waals surface area contributed by atoms with Crippen LogP contribution in [0.3, 0.4) is 0 Å². The second-order valence-corrected chi connectivity index (χ2v) is 5.75. The third-order valence-electron chi connectivity index (χ3n) is 4.55. The molecule has 1 aliphatic carbocycles. The van der Waals surface area contributed by atoms with E-state index in [-0.39, 0.29) is 24.5 Å². The minimum atomic E-state index is -0.423. The van der Waals surface area contributed by atoms with E-state index >= 15 is 0 Å². The smallest absolute Gasteiger partial charge is 0.305 e. The molecule has 1 aromatic rings. The molecule has 0 fully saturated rings. The summed E-state index contributed by atoms with van der Waals surface area (Å²) in [6.07, 6.45) is 3.46. The number of fused-ring (bicyclic) bond motifs is 1. The normalized spacial score (nSPS) is 15.3. The van der Waals surface area contributed by atoms with E-state index < -0.39 is 5.97 Å². The number of Topliss-reactive ketones (excluding diaryl/α,β-unsaturated/α-hetero) is 1. The Morgan fingerprint density at radius 3 is 2.20 bits per heavy atom. The Morgan fingerprint density at radius 2 is 1.68 bits per heavy atom. The van der Waals surface area contributed by atoms with Crippen LogP contribution in [0.4, 0.5) is 0 Å². The fraction of sp³-hybridized carbons (Fsp3) is 0.474. The van der Waals surface area contributed by atoms with E-state index in [0.29, 0.717) is 29.2 Å². The summed E-state index contributed by atoms with van der Waals surface area (Å²) in [6, 6.07) is 0. The van der Waals surface area contributed by atoms with Gasteiger partial charge in [-0.25, -0.2) is 0 Å². The van der Waals surface area contributed by atoms with Crippen molar-refractivity contribution in [2.24, 2.45) is 0 Å². The van der Waals surface area contributed by atoms with Crippen molar-refractivity contribution < 1.29 is 28.5 Å². The van der Waals surface area contributed by atoms with Crippen molar-refractivity contribution in [1.29, 1.82) is 0 Å². The van der Waals surface area contributed by atoms with Crippen LogP contribution in [0.2, 0.25) is 0 Å². The van der Waals surface area contributed by atoms with Crippen LogP contribution in [-0.2, 0) is 16.0 Å². The van der Waals surface area contributed by atoms with Gasteiger partial charge in [-0.05, 0) is 18.4 Å². The number of ketones is 1. The van der Waals surface area contributed by atoms with Gasteiger partial charge in [-0.3, -0.25) is 9.59 Å². The molecule has 136 valence electrons. The maximum Gasteiger partial charge on any atom is 0.305 e. The first-order valence-electron chi connectivity index (χ1n) is 8.11. The Hall–Kier alpha value is -2.50. The lowest BCUT2D eigenvalue weighted by Crippen LogP contribution is -2.12. The molecule has 6 heteroatoms. The number of carbonyl (C=O) groups excluding carboxylic acids is 2. The van der Waals surface area contributed by atoms with Crippen LogP contribution in [0.5, 0.6) is 17.2 Å². The minimum Gasteiger partial charge on any atom is -0.492 e. The number of rotatable bonds is 8. The van der Waals surface area contributed by atoms with Crippen molar-refractivity contribution in [2.75, 3.05) is 28.4 Å². The molecule has 0 amide bonds. The molecule has 2 rings (SSSR count). The van der Waals surface area contributed by atoms with E-state index in [2.05, 4.69) is 11.3 Å². The molecule has 0 bridgehead atoms. The number of allylic oxidation sites excluding steroid dienone is 1. The van der Waals surface area contributed by atoms with E-state index in [1.165, 1.54) is 21.3 Å². The molecule has 0 spiro atoms. The van der Waals surface area contributed by atoms with E-state index in [0.717, 1.165) is 17.5 Å². The third-order valence-corrected chi connectivity index (χ3v) is 4.55. The number of benzene rings is 1. The number of hydrogen-bond acceptors (Lipinski definition) is 6. The van der Waals surface area contributed by atoms with Gasteiger partial charge in [0, 0.05) is 17.9 Å². The number of carbonyl (C=O) groups is 2. The highest BCUT2D eigenvalue weighted by molar-refractivity contribution is 6.03. The lowest BCUT2D eigenvalue weighted by Gasteiger charge is -2.21. The third kappa shape index (κ3) is 3.34. The summed E-state index contributed by atoms with van der Waals surface area (Å²) in [4.78, 5) is 24.3. The van der Waals surface area contributed by atoms with Crippen molar-refractivity contribution in [3.63, 3.8) is 0 Å². The van der Waals surface area contributed by atoms with Crippen LogP contribution in [0, 0.1) is 0 Å². The van der Waals surface area contributed by atoms with Crippen molar-refractivity contribution >= 4 is 11.8 Å². The molecule has 1 atom stereocenters. The van der Waals surface area contributed by atoms with Gasteiger partial charge in [-0.1, -0.05) is 6.08 Å². The summed E-state index contributed by atoms with van der Waals surface area (Å²) >= 11 is 0. The van der Waals surface area contributed by atoms with Crippen molar-refractivity contribution in [3.05, 3.63) is 29.3 Å². The summed E-state index contributed by atoms with van der Waals surface area (Å²) in [5, 5.41) is 0. The molecule has 0 heterocycles. The predicted molar refractivity (Wildman–Crippen MR) is 92.9 cm³/mol. The Kier molecular flexibility index (Phi) is 6.07. The average molecular weight is 348 g/mol. The predicted octanol–water partition coefficient (Wildman–Crippen LogP) is 3.06. The first-order valence-corrected chi connectivity index (χ1v) is 8.11. The standard InChI is InChI=1S/C19H24O6/c1-6-11-7-8-12-15(11)17(23-3)19(25-5)18(24-4)16(12)13(20)9-10-14(21)22-2/h6,11H,1,7-10H2,2-5H3. The number of esters is 1. The molecule has 1 aromatic carbocycles. The molecule has 0 aliphatic heterocycles. The van der Waals surface area contributed by atoms with Gasteiger partial charge in [-0.2, -0.15) is 0 Å². The summed E-state index contributed by atoms with van der Waals surface area (Å²) in [5.74, 6) is 0.785. The Morgan fingerprint density at radius 1 is 1.04 bits per heavy atom. The zero-order valence-electron chi connectivity index (χ0n) is 15.1. The van der Waals surface area contributed by atoms with Crippen LogP contribution >= 0.6 is 0 Å². The van der Waals surface area contributed by atoms with Crippen LogP contribution in [0.15, 0.2) is 12.7 Å². The van der Waals surface area contributed by atoms with Gasteiger partial charge in [-0.15, -0.1) is 6.58 Å². The molecular weight excluding hydrogens is 324 g/mol. The fourth-order valence-electron chi connectivity index (χ4n) is 3.40. The fourth-order valence-corrected chi connectivity index (χ4v) is 3.40. The van der Waals surface area contributed by atoms with Crippen LogP contribution in [0.25, 0.3) is 0 Å². The van der Waals surface area contributed by atoms with Crippen LogP contribution < -0.4 is 14.2 Å². The molecule has 6 nitrogen and oxygen atoms in total. The average Bonchev–Trinajstić information content (AvgIpc) is 3.06. The largest absolute Gasteiger partial charge is 0.492 e. The second kappa shape index (κ2) is 8.05. The Balaban J connectivity index is 2.62. The van der Waals surface area contributed by atoms with Gasteiger partial charge in [0.05, 0.1) is 40.4 Å². The highest BCUT2D eigenvalue weighted by Gasteiger charge is 2.35. The zero-order valence-corrected chi connectivity index (χ0v) is 15.1. The second-order valence-electron chi connectivity index (χ2n) is 5.75. The van der Waals surface area contributed by atoms with E-state index in [4.69, 9.17) is 14.2 Å². The lowest BCUT2D eigenvalue weighted by atomic mass is 9.92. The van der Waals surface area contributed by atoms with Crippen LogP contribution in [-0.4, -0.2) is 40.2 Å². The molecule has 0 saturated carbocycles. The van der Waals surface area contributed by atoms with Gasteiger partial charge in [0.2, 0.25) is 5.75 Å². The van der Waals surface area contributed by atoms with Gasteiger partial charge in [0.1, 0.15) is 0 Å².